The lowest BCUT2D eigenvalue weighted by atomic mass is 10.2. The van der Waals surface area contributed by atoms with Crippen LogP contribution in [-0.2, 0) is 13.0 Å². The topological polar surface area (TPSA) is 78.0 Å². The highest BCUT2D eigenvalue weighted by Gasteiger charge is 2.17. The second-order valence-electron chi connectivity index (χ2n) is 6.94. The number of hydrogen-bond donors (Lipinski definition) is 1. The van der Waals surface area contributed by atoms with Gasteiger partial charge in [-0.2, -0.15) is 0 Å². The Balaban J connectivity index is 1.44. The summed E-state index contributed by atoms with van der Waals surface area (Å²) in [6.07, 6.45) is 3.62. The third-order valence-corrected chi connectivity index (χ3v) is 5.60. The van der Waals surface area contributed by atoms with Crippen molar-refractivity contribution in [1.29, 1.82) is 0 Å². The molecule has 0 atom stereocenters. The normalized spacial score (nSPS) is 15.5. The first-order chi connectivity index (χ1) is 13.7. The quantitative estimate of drug-likeness (QED) is 0.714. The van der Waals surface area contributed by atoms with Gasteiger partial charge in [-0.05, 0) is 25.0 Å². The number of hydrogen-bond acceptors (Lipinski definition) is 7. The van der Waals surface area contributed by atoms with Crippen molar-refractivity contribution >= 4 is 17.2 Å². The van der Waals surface area contributed by atoms with Gasteiger partial charge in [0.05, 0.1) is 11.2 Å². The van der Waals surface area contributed by atoms with E-state index in [0.717, 1.165) is 68.3 Å². The molecule has 3 aromatic heterocycles. The van der Waals surface area contributed by atoms with E-state index in [0.29, 0.717) is 5.82 Å². The Labute approximate surface area is 168 Å². The molecule has 28 heavy (non-hydrogen) atoms. The first-order valence-corrected chi connectivity index (χ1v) is 10.6. The summed E-state index contributed by atoms with van der Waals surface area (Å²) in [6, 6.07) is 5.54. The van der Waals surface area contributed by atoms with E-state index in [2.05, 4.69) is 35.1 Å². The zero-order valence-electron chi connectivity index (χ0n) is 16.0. The minimum atomic E-state index is -0.126. The number of H-pyrrole nitrogens is 1. The van der Waals surface area contributed by atoms with Gasteiger partial charge in [0.25, 0.3) is 5.56 Å². The Bertz CT molecular complexity index is 954. The Hall–Kier alpha value is -2.58. The largest absolute Gasteiger partial charge is 0.355 e. The van der Waals surface area contributed by atoms with Gasteiger partial charge in [0.2, 0.25) is 0 Å². The minimum Gasteiger partial charge on any atom is -0.355 e. The van der Waals surface area contributed by atoms with E-state index >= 15 is 0 Å². The third kappa shape index (κ3) is 4.45. The summed E-state index contributed by atoms with van der Waals surface area (Å²) in [5.74, 6) is 1.54. The van der Waals surface area contributed by atoms with E-state index in [9.17, 15) is 4.79 Å². The standard InChI is InChI=1S/C20H24N6OS/c1-2-16-10-19(27)24-20(23-16)15-4-5-18(21-11-15)26-7-3-6-25(8-9-26)12-17-13-28-14-22-17/h4-5,10-11,13-14H,2-3,6-9,12H2,1H3,(H,23,24,27). The molecular weight excluding hydrogens is 372 g/mol. The van der Waals surface area contributed by atoms with Crippen molar-refractivity contribution in [3.63, 3.8) is 0 Å². The van der Waals surface area contributed by atoms with E-state index in [4.69, 9.17) is 0 Å². The number of aromatic nitrogens is 4. The zero-order chi connectivity index (χ0) is 19.3. The SMILES string of the molecule is CCc1cc(=O)[nH]c(-c2ccc(N3CCCN(Cc4cscn4)CC3)nc2)n1. The molecule has 1 aliphatic heterocycles. The smallest absolute Gasteiger partial charge is 0.251 e. The molecule has 1 fully saturated rings. The van der Waals surface area contributed by atoms with Gasteiger partial charge in [-0.1, -0.05) is 6.92 Å². The van der Waals surface area contributed by atoms with E-state index in [1.54, 1.807) is 23.6 Å². The van der Waals surface area contributed by atoms with Gasteiger partial charge in [-0.3, -0.25) is 9.69 Å². The van der Waals surface area contributed by atoms with Crippen LogP contribution in [0.5, 0.6) is 0 Å². The fraction of sp³-hybridized carbons (Fsp3) is 0.400. The first kappa shape index (κ1) is 18.8. The molecule has 0 unspecified atom stereocenters. The highest BCUT2D eigenvalue weighted by atomic mass is 32.1. The maximum absolute atomic E-state index is 11.8. The first-order valence-electron chi connectivity index (χ1n) is 9.62. The van der Waals surface area contributed by atoms with Gasteiger partial charge in [-0.25, -0.2) is 15.0 Å². The molecule has 8 heteroatoms. The highest BCUT2D eigenvalue weighted by molar-refractivity contribution is 7.07. The van der Waals surface area contributed by atoms with Gasteiger partial charge in [0, 0.05) is 61.6 Å². The number of thiazole rings is 1. The molecule has 0 amide bonds. The van der Waals surface area contributed by atoms with Crippen molar-refractivity contribution in [1.82, 2.24) is 24.8 Å². The van der Waals surface area contributed by atoms with Crippen molar-refractivity contribution < 1.29 is 0 Å². The van der Waals surface area contributed by atoms with Crippen molar-refractivity contribution in [2.24, 2.45) is 0 Å². The molecule has 0 aliphatic carbocycles. The maximum Gasteiger partial charge on any atom is 0.251 e. The summed E-state index contributed by atoms with van der Waals surface area (Å²) in [5, 5.41) is 2.12. The fourth-order valence-electron chi connectivity index (χ4n) is 3.44. The van der Waals surface area contributed by atoms with Crippen molar-refractivity contribution in [2.75, 3.05) is 31.1 Å². The Morgan fingerprint density at radius 2 is 2.07 bits per heavy atom. The molecule has 3 aromatic rings. The van der Waals surface area contributed by atoms with Crippen molar-refractivity contribution in [2.45, 2.75) is 26.3 Å². The molecule has 0 spiro atoms. The second-order valence-corrected chi connectivity index (χ2v) is 7.66. The van der Waals surface area contributed by atoms with E-state index < -0.39 is 0 Å². The molecule has 4 heterocycles. The molecule has 0 radical (unpaired) electrons. The molecule has 0 saturated carbocycles. The lowest BCUT2D eigenvalue weighted by molar-refractivity contribution is 0.282. The number of aryl methyl sites for hydroxylation is 1. The summed E-state index contributed by atoms with van der Waals surface area (Å²) >= 11 is 1.65. The Kier molecular flexibility index (Phi) is 5.78. The summed E-state index contributed by atoms with van der Waals surface area (Å²) in [4.78, 5) is 32.9. The fourth-order valence-corrected chi connectivity index (χ4v) is 3.99. The molecular formula is C20H24N6OS. The molecule has 7 nitrogen and oxygen atoms in total. The summed E-state index contributed by atoms with van der Waals surface area (Å²) in [6.45, 7) is 6.90. The van der Waals surface area contributed by atoms with Crippen LogP contribution >= 0.6 is 11.3 Å². The zero-order valence-corrected chi connectivity index (χ0v) is 16.8. The average Bonchev–Trinajstić information content (AvgIpc) is 3.12. The predicted octanol–water partition coefficient (Wildman–Crippen LogP) is 2.56. The van der Waals surface area contributed by atoms with Gasteiger partial charge in [-0.15, -0.1) is 11.3 Å². The van der Waals surface area contributed by atoms with Gasteiger partial charge >= 0.3 is 0 Å². The van der Waals surface area contributed by atoms with Gasteiger partial charge in [0.15, 0.2) is 0 Å². The number of nitrogens with zero attached hydrogens (tertiary/aromatic N) is 5. The van der Waals surface area contributed by atoms with Crippen molar-refractivity contribution in [3.8, 4) is 11.4 Å². The molecule has 1 saturated heterocycles. The number of aromatic amines is 1. The van der Waals surface area contributed by atoms with Crippen LogP contribution in [0.1, 0.15) is 24.7 Å². The van der Waals surface area contributed by atoms with Gasteiger partial charge in [0.1, 0.15) is 11.6 Å². The van der Waals surface area contributed by atoms with Crippen LogP contribution in [0, 0.1) is 0 Å². The molecule has 1 N–H and O–H groups in total. The van der Waals surface area contributed by atoms with Crippen LogP contribution in [0.2, 0.25) is 0 Å². The molecule has 146 valence electrons. The number of nitrogens with one attached hydrogen (secondary N) is 1. The Morgan fingerprint density at radius 1 is 1.14 bits per heavy atom. The summed E-state index contributed by atoms with van der Waals surface area (Å²) in [5.41, 5.74) is 4.53. The summed E-state index contributed by atoms with van der Waals surface area (Å²) < 4.78 is 0. The molecule has 0 bridgehead atoms. The van der Waals surface area contributed by atoms with Crippen LogP contribution in [-0.4, -0.2) is 51.0 Å². The number of rotatable bonds is 5. The van der Waals surface area contributed by atoms with Crippen LogP contribution in [0.25, 0.3) is 11.4 Å². The number of anilines is 1. The van der Waals surface area contributed by atoms with E-state index in [-0.39, 0.29) is 5.56 Å². The predicted molar refractivity (Wildman–Crippen MR) is 112 cm³/mol. The Morgan fingerprint density at radius 3 is 2.82 bits per heavy atom. The van der Waals surface area contributed by atoms with Crippen LogP contribution < -0.4 is 10.5 Å². The minimum absolute atomic E-state index is 0.126. The van der Waals surface area contributed by atoms with E-state index in [1.807, 2.05) is 24.6 Å². The summed E-state index contributed by atoms with van der Waals surface area (Å²) in [7, 11) is 0. The maximum atomic E-state index is 11.8. The molecule has 4 rings (SSSR count). The lowest BCUT2D eigenvalue weighted by Crippen LogP contribution is -2.31. The van der Waals surface area contributed by atoms with Crippen LogP contribution in [0.15, 0.2) is 40.1 Å². The average molecular weight is 397 g/mol. The van der Waals surface area contributed by atoms with Crippen LogP contribution in [0.4, 0.5) is 5.82 Å². The number of pyridine rings is 1. The monoisotopic (exact) mass is 396 g/mol. The third-order valence-electron chi connectivity index (χ3n) is 4.96. The van der Waals surface area contributed by atoms with E-state index in [1.165, 1.54) is 0 Å². The molecule has 1 aliphatic rings. The highest BCUT2D eigenvalue weighted by Crippen LogP contribution is 2.19. The second kappa shape index (κ2) is 8.62. The lowest BCUT2D eigenvalue weighted by Gasteiger charge is -2.22. The van der Waals surface area contributed by atoms with Crippen LogP contribution in [0.3, 0.4) is 0 Å². The van der Waals surface area contributed by atoms with Crippen molar-refractivity contribution in [3.05, 3.63) is 57.0 Å². The molecule has 0 aromatic carbocycles. The van der Waals surface area contributed by atoms with Gasteiger partial charge < -0.3 is 9.88 Å².